The lowest BCUT2D eigenvalue weighted by molar-refractivity contribution is -0.137. The average Bonchev–Trinajstić information content (AvgIpc) is 2.79. The average molecular weight is 499 g/mol. The monoisotopic (exact) mass is 498 g/mol. The summed E-state index contributed by atoms with van der Waals surface area (Å²) in [6.45, 7) is 5.49. The summed E-state index contributed by atoms with van der Waals surface area (Å²) in [5, 5.41) is 2.82. The molecule has 1 atom stereocenters. The zero-order valence-corrected chi connectivity index (χ0v) is 20.4. The van der Waals surface area contributed by atoms with Gasteiger partial charge in [-0.25, -0.2) is 12.7 Å². The van der Waals surface area contributed by atoms with E-state index in [0.29, 0.717) is 37.6 Å². The van der Waals surface area contributed by atoms with Crippen molar-refractivity contribution in [3.63, 3.8) is 0 Å². The van der Waals surface area contributed by atoms with Gasteiger partial charge in [0.2, 0.25) is 15.9 Å². The van der Waals surface area contributed by atoms with Crippen molar-refractivity contribution in [1.82, 2.24) is 9.21 Å². The number of alkyl halides is 3. The number of anilines is 2. The molecule has 2 aromatic rings. The number of piperazine rings is 1. The van der Waals surface area contributed by atoms with Crippen LogP contribution in [0, 0.1) is 6.92 Å². The van der Waals surface area contributed by atoms with Crippen LogP contribution in [0.2, 0.25) is 0 Å². The van der Waals surface area contributed by atoms with Crippen molar-refractivity contribution in [2.24, 2.45) is 0 Å². The first-order valence-electron chi connectivity index (χ1n) is 10.8. The van der Waals surface area contributed by atoms with E-state index < -0.39 is 27.8 Å². The van der Waals surface area contributed by atoms with Gasteiger partial charge in [0.25, 0.3) is 0 Å². The van der Waals surface area contributed by atoms with Gasteiger partial charge in [-0.2, -0.15) is 13.2 Å². The third kappa shape index (κ3) is 5.70. The number of halogens is 3. The Balaban J connectivity index is 1.65. The molecule has 1 aliphatic heterocycles. The lowest BCUT2D eigenvalue weighted by atomic mass is 10.1. The lowest BCUT2D eigenvalue weighted by Crippen LogP contribution is -2.52. The molecule has 1 fully saturated rings. The zero-order chi connectivity index (χ0) is 25.3. The van der Waals surface area contributed by atoms with Gasteiger partial charge in [0.15, 0.2) is 0 Å². The molecule has 1 N–H and O–H groups in total. The molecule has 1 aliphatic rings. The van der Waals surface area contributed by atoms with Crippen LogP contribution in [0.25, 0.3) is 0 Å². The van der Waals surface area contributed by atoms with E-state index in [9.17, 15) is 26.4 Å². The fraction of sp³-hybridized carbons (Fsp3) is 0.435. The van der Waals surface area contributed by atoms with Gasteiger partial charge < -0.3 is 10.2 Å². The number of benzene rings is 2. The van der Waals surface area contributed by atoms with Crippen LogP contribution in [0.3, 0.4) is 0 Å². The third-order valence-corrected chi connectivity index (χ3v) is 7.84. The molecule has 1 saturated heterocycles. The summed E-state index contributed by atoms with van der Waals surface area (Å²) < 4.78 is 65.0. The number of rotatable bonds is 6. The maximum absolute atomic E-state index is 13.0. The van der Waals surface area contributed by atoms with E-state index in [1.807, 2.05) is 9.80 Å². The summed E-state index contributed by atoms with van der Waals surface area (Å²) in [6, 6.07) is 9.32. The number of nitrogens with zero attached hydrogens (tertiary/aromatic N) is 3. The number of amides is 1. The Kier molecular flexibility index (Phi) is 7.59. The van der Waals surface area contributed by atoms with Crippen LogP contribution in [0.4, 0.5) is 24.5 Å². The minimum absolute atomic E-state index is 0.0840. The first kappa shape index (κ1) is 26.0. The minimum atomic E-state index is -4.40. The fourth-order valence-corrected chi connectivity index (χ4v) is 4.68. The molecule has 0 bridgehead atoms. The summed E-state index contributed by atoms with van der Waals surface area (Å²) in [5.74, 6) is -0.282. The fourth-order valence-electron chi connectivity index (χ4n) is 3.76. The summed E-state index contributed by atoms with van der Waals surface area (Å²) in [4.78, 5) is 16.8. The molecule has 1 heterocycles. The zero-order valence-electron chi connectivity index (χ0n) is 19.6. The van der Waals surface area contributed by atoms with Crippen LogP contribution < -0.4 is 10.2 Å². The van der Waals surface area contributed by atoms with E-state index in [1.165, 1.54) is 32.3 Å². The Morgan fingerprint density at radius 2 is 1.71 bits per heavy atom. The van der Waals surface area contributed by atoms with E-state index >= 15 is 0 Å². The Hall–Kier alpha value is -2.63. The highest BCUT2D eigenvalue weighted by Crippen LogP contribution is 2.32. The molecule has 186 valence electrons. The molecule has 2 aromatic carbocycles. The summed E-state index contributed by atoms with van der Waals surface area (Å²) in [7, 11) is -0.764. The summed E-state index contributed by atoms with van der Waals surface area (Å²) in [6.07, 6.45) is -4.40. The highest BCUT2D eigenvalue weighted by atomic mass is 32.2. The standard InChI is InChI=1S/C23H29F3N4O3S/c1-16-8-9-20(34(32,33)28(3)4)15-21(16)27-22(31)17(2)29-10-12-30(13-11-29)19-7-5-6-18(14-19)23(24,25)26/h5-9,14-15,17H,10-13H2,1-4H3,(H,27,31)/t17-/m0/s1. The quantitative estimate of drug-likeness (QED) is 0.661. The highest BCUT2D eigenvalue weighted by molar-refractivity contribution is 7.89. The second-order valence-corrected chi connectivity index (χ2v) is 10.7. The van der Waals surface area contributed by atoms with Crippen LogP contribution in [0.5, 0.6) is 0 Å². The van der Waals surface area contributed by atoms with Gasteiger partial charge in [-0.15, -0.1) is 0 Å². The highest BCUT2D eigenvalue weighted by Gasteiger charge is 2.32. The second kappa shape index (κ2) is 9.93. The topological polar surface area (TPSA) is 73.0 Å². The van der Waals surface area contributed by atoms with Crippen molar-refractivity contribution in [2.45, 2.75) is 31.0 Å². The minimum Gasteiger partial charge on any atom is -0.369 e. The van der Waals surface area contributed by atoms with Gasteiger partial charge in [0.1, 0.15) is 0 Å². The molecule has 0 saturated carbocycles. The molecule has 0 radical (unpaired) electrons. The summed E-state index contributed by atoms with van der Waals surface area (Å²) in [5.41, 5.74) is 0.963. The predicted molar refractivity (Wildman–Crippen MR) is 125 cm³/mol. The second-order valence-electron chi connectivity index (χ2n) is 8.50. The molecule has 1 amide bonds. The number of carbonyl (C=O) groups is 1. The first-order chi connectivity index (χ1) is 15.8. The normalized spacial score (nSPS) is 16.5. The molecule has 0 aliphatic carbocycles. The van der Waals surface area contributed by atoms with Crippen molar-refractivity contribution in [2.75, 3.05) is 50.5 Å². The molecule has 0 unspecified atom stereocenters. The van der Waals surface area contributed by atoms with Crippen molar-refractivity contribution < 1.29 is 26.4 Å². The predicted octanol–water partition coefficient (Wildman–Crippen LogP) is 3.41. The van der Waals surface area contributed by atoms with Crippen LogP contribution >= 0.6 is 0 Å². The molecule has 11 heteroatoms. The van der Waals surface area contributed by atoms with E-state index in [4.69, 9.17) is 0 Å². The van der Waals surface area contributed by atoms with Gasteiger partial charge >= 0.3 is 6.18 Å². The number of hydrogen-bond donors (Lipinski definition) is 1. The van der Waals surface area contributed by atoms with Gasteiger partial charge in [0.05, 0.1) is 16.5 Å². The molecular weight excluding hydrogens is 469 g/mol. The molecule has 7 nitrogen and oxygen atoms in total. The molecule has 0 spiro atoms. The first-order valence-corrected chi connectivity index (χ1v) is 12.2. The maximum Gasteiger partial charge on any atom is 0.416 e. The van der Waals surface area contributed by atoms with Crippen LogP contribution in [-0.2, 0) is 21.0 Å². The number of nitrogens with one attached hydrogen (secondary N) is 1. The van der Waals surface area contributed by atoms with Gasteiger partial charge in [0, 0.05) is 51.6 Å². The van der Waals surface area contributed by atoms with Crippen molar-refractivity contribution >= 4 is 27.3 Å². The van der Waals surface area contributed by atoms with E-state index in [1.54, 1.807) is 26.0 Å². The van der Waals surface area contributed by atoms with Crippen molar-refractivity contribution in [3.8, 4) is 0 Å². The third-order valence-electron chi connectivity index (χ3n) is 6.03. The smallest absolute Gasteiger partial charge is 0.369 e. The Morgan fingerprint density at radius 3 is 2.29 bits per heavy atom. The van der Waals surface area contributed by atoms with Crippen molar-refractivity contribution in [1.29, 1.82) is 0 Å². The lowest BCUT2D eigenvalue weighted by Gasteiger charge is -2.38. The van der Waals surface area contributed by atoms with Crippen molar-refractivity contribution in [3.05, 3.63) is 53.6 Å². The molecule has 0 aromatic heterocycles. The largest absolute Gasteiger partial charge is 0.416 e. The van der Waals surface area contributed by atoms with E-state index in [-0.39, 0.29) is 10.8 Å². The Morgan fingerprint density at radius 1 is 1.06 bits per heavy atom. The van der Waals surface area contributed by atoms with E-state index in [0.717, 1.165) is 22.0 Å². The van der Waals surface area contributed by atoms with Crippen LogP contribution in [0.15, 0.2) is 47.4 Å². The number of hydrogen-bond acceptors (Lipinski definition) is 5. The van der Waals surface area contributed by atoms with E-state index in [2.05, 4.69) is 5.32 Å². The Bertz CT molecular complexity index is 1140. The van der Waals surface area contributed by atoms with Crippen LogP contribution in [0.1, 0.15) is 18.1 Å². The van der Waals surface area contributed by atoms with Gasteiger partial charge in [-0.3, -0.25) is 9.69 Å². The van der Waals surface area contributed by atoms with Gasteiger partial charge in [-0.1, -0.05) is 12.1 Å². The maximum atomic E-state index is 13.0. The van der Waals surface area contributed by atoms with Crippen LogP contribution in [-0.4, -0.2) is 69.8 Å². The SMILES string of the molecule is Cc1ccc(S(=O)(=O)N(C)C)cc1NC(=O)[C@H](C)N1CCN(c2cccc(C(F)(F)F)c2)CC1. The molecule has 3 rings (SSSR count). The number of sulfonamides is 1. The summed E-state index contributed by atoms with van der Waals surface area (Å²) >= 11 is 0. The Labute approximate surface area is 198 Å². The number of aryl methyl sites for hydroxylation is 1. The molecule has 34 heavy (non-hydrogen) atoms. The molecular formula is C23H29F3N4O3S. The number of carbonyl (C=O) groups excluding carboxylic acids is 1. The van der Waals surface area contributed by atoms with Gasteiger partial charge in [-0.05, 0) is 49.7 Å².